The summed E-state index contributed by atoms with van der Waals surface area (Å²) < 4.78 is 0. The summed E-state index contributed by atoms with van der Waals surface area (Å²) in [5.74, 6) is 0. The monoisotopic (exact) mass is 332 g/mol. The molecule has 1 saturated heterocycles. The highest BCUT2D eigenvalue weighted by atomic mass is 79.9. The molecule has 1 aromatic carbocycles. The van der Waals surface area contributed by atoms with E-state index >= 15 is 0 Å². The summed E-state index contributed by atoms with van der Waals surface area (Å²) in [7, 11) is 0. The number of hydrogen-bond acceptors (Lipinski definition) is 2. The van der Waals surface area contributed by atoms with Crippen LogP contribution < -0.4 is 0 Å². The lowest BCUT2D eigenvalue weighted by Crippen LogP contribution is -2.39. The first-order valence-corrected chi connectivity index (χ1v) is 8.63. The van der Waals surface area contributed by atoms with Crippen LogP contribution in [0.3, 0.4) is 0 Å². The van der Waals surface area contributed by atoms with E-state index in [-0.39, 0.29) is 0 Å². The molecule has 2 aromatic rings. The fraction of sp³-hybridized carbons (Fsp3) is 0.471. The van der Waals surface area contributed by atoms with Gasteiger partial charge >= 0.3 is 0 Å². The third-order valence-corrected chi connectivity index (χ3v) is 4.74. The Labute approximate surface area is 129 Å². The van der Waals surface area contributed by atoms with Gasteiger partial charge in [-0.1, -0.05) is 46.6 Å². The molecule has 1 unspecified atom stereocenters. The van der Waals surface area contributed by atoms with E-state index in [0.29, 0.717) is 0 Å². The van der Waals surface area contributed by atoms with Gasteiger partial charge in [-0.05, 0) is 37.4 Å². The van der Waals surface area contributed by atoms with Gasteiger partial charge in [0.2, 0.25) is 0 Å². The molecule has 3 heteroatoms. The largest absolute Gasteiger partial charge is 0.296 e. The van der Waals surface area contributed by atoms with Crippen molar-refractivity contribution < 1.29 is 0 Å². The molecule has 0 bridgehead atoms. The molecular weight excluding hydrogens is 312 g/mol. The second kappa shape index (κ2) is 6.68. The van der Waals surface area contributed by atoms with Crippen LogP contribution in [0.15, 0.2) is 36.5 Å². The van der Waals surface area contributed by atoms with Crippen molar-refractivity contribution in [3.8, 4) is 0 Å². The summed E-state index contributed by atoms with van der Waals surface area (Å²) in [4.78, 5) is 7.23. The van der Waals surface area contributed by atoms with E-state index in [1.54, 1.807) is 0 Å². The first-order valence-electron chi connectivity index (χ1n) is 7.51. The molecule has 2 nitrogen and oxygen atoms in total. The highest BCUT2D eigenvalue weighted by Gasteiger charge is 2.22. The number of aromatic nitrogens is 1. The van der Waals surface area contributed by atoms with E-state index in [0.717, 1.165) is 23.4 Å². The SMILES string of the molecule is BrCCC1CCCCN1Cc1cccc2cccnc12. The lowest BCUT2D eigenvalue weighted by molar-refractivity contribution is 0.137. The van der Waals surface area contributed by atoms with Gasteiger partial charge in [-0.3, -0.25) is 9.88 Å². The van der Waals surface area contributed by atoms with Crippen molar-refractivity contribution in [3.05, 3.63) is 42.1 Å². The van der Waals surface area contributed by atoms with E-state index in [9.17, 15) is 0 Å². The Morgan fingerprint density at radius 1 is 1.20 bits per heavy atom. The minimum atomic E-state index is 0.724. The number of piperidine rings is 1. The summed E-state index contributed by atoms with van der Waals surface area (Å²) in [5.41, 5.74) is 2.53. The van der Waals surface area contributed by atoms with E-state index in [2.05, 4.69) is 50.1 Å². The third kappa shape index (κ3) is 3.04. The van der Waals surface area contributed by atoms with Crippen molar-refractivity contribution in [1.82, 2.24) is 9.88 Å². The summed E-state index contributed by atoms with van der Waals surface area (Å²) >= 11 is 3.60. The van der Waals surface area contributed by atoms with Crippen LogP contribution in [0.4, 0.5) is 0 Å². The fourth-order valence-corrected chi connectivity index (χ4v) is 3.76. The number of alkyl halides is 1. The molecule has 1 fully saturated rings. The number of likely N-dealkylation sites (tertiary alicyclic amines) is 1. The molecule has 20 heavy (non-hydrogen) atoms. The minimum absolute atomic E-state index is 0.724. The Morgan fingerprint density at radius 3 is 3.00 bits per heavy atom. The predicted octanol–water partition coefficient (Wildman–Crippen LogP) is 4.37. The molecule has 0 N–H and O–H groups in total. The molecule has 0 aliphatic carbocycles. The number of pyridine rings is 1. The van der Waals surface area contributed by atoms with Crippen molar-refractivity contribution in [2.24, 2.45) is 0 Å². The zero-order valence-electron chi connectivity index (χ0n) is 11.8. The number of fused-ring (bicyclic) bond motifs is 1. The summed E-state index contributed by atoms with van der Waals surface area (Å²) in [5, 5.41) is 2.35. The first kappa shape index (κ1) is 14.0. The van der Waals surface area contributed by atoms with Gasteiger partial charge in [-0.15, -0.1) is 0 Å². The normalized spacial score (nSPS) is 20.4. The van der Waals surface area contributed by atoms with Crippen LogP contribution in [0, 0.1) is 0 Å². The van der Waals surface area contributed by atoms with E-state index in [1.165, 1.54) is 43.2 Å². The second-order valence-corrected chi connectivity index (χ2v) is 6.38. The van der Waals surface area contributed by atoms with Gasteiger partial charge in [-0.2, -0.15) is 0 Å². The van der Waals surface area contributed by atoms with Gasteiger partial charge in [-0.25, -0.2) is 0 Å². The second-order valence-electron chi connectivity index (χ2n) is 5.59. The van der Waals surface area contributed by atoms with Gasteiger partial charge in [0.25, 0.3) is 0 Å². The van der Waals surface area contributed by atoms with Crippen LogP contribution in [-0.2, 0) is 6.54 Å². The van der Waals surface area contributed by atoms with Crippen molar-refractivity contribution >= 4 is 26.8 Å². The lowest BCUT2D eigenvalue weighted by atomic mass is 9.98. The number of hydrogen-bond donors (Lipinski definition) is 0. The van der Waals surface area contributed by atoms with Crippen molar-refractivity contribution in [2.75, 3.05) is 11.9 Å². The number of halogens is 1. The summed E-state index contributed by atoms with van der Waals surface area (Å²) in [6.07, 6.45) is 7.19. The molecule has 0 saturated carbocycles. The van der Waals surface area contributed by atoms with Gasteiger partial charge in [0.1, 0.15) is 0 Å². The molecule has 2 heterocycles. The standard InChI is InChI=1S/C17H21BrN2/c18-10-9-16-8-1-2-12-20(16)13-15-6-3-5-14-7-4-11-19-17(14)15/h3-7,11,16H,1-2,8-10,12-13H2. The maximum atomic E-state index is 4.58. The van der Waals surface area contributed by atoms with Crippen LogP contribution >= 0.6 is 15.9 Å². The highest BCUT2D eigenvalue weighted by Crippen LogP contribution is 2.25. The maximum absolute atomic E-state index is 4.58. The molecule has 1 aliphatic heterocycles. The molecular formula is C17H21BrN2. The smallest absolute Gasteiger partial charge is 0.0746 e. The Kier molecular flexibility index (Phi) is 4.69. The highest BCUT2D eigenvalue weighted by molar-refractivity contribution is 9.09. The number of rotatable bonds is 4. The van der Waals surface area contributed by atoms with Gasteiger partial charge in [0.05, 0.1) is 5.52 Å². The summed E-state index contributed by atoms with van der Waals surface area (Å²) in [6, 6.07) is 11.4. The van der Waals surface area contributed by atoms with E-state index in [4.69, 9.17) is 0 Å². The van der Waals surface area contributed by atoms with Crippen LogP contribution in [-0.4, -0.2) is 27.8 Å². The average molecular weight is 333 g/mol. The van der Waals surface area contributed by atoms with Crippen molar-refractivity contribution in [1.29, 1.82) is 0 Å². The maximum Gasteiger partial charge on any atom is 0.0746 e. The molecule has 0 radical (unpaired) electrons. The molecule has 0 spiro atoms. The first-order chi connectivity index (χ1) is 9.88. The van der Waals surface area contributed by atoms with Crippen LogP contribution in [0.5, 0.6) is 0 Å². The molecule has 3 rings (SSSR count). The van der Waals surface area contributed by atoms with Crippen LogP contribution in [0.2, 0.25) is 0 Å². The van der Waals surface area contributed by atoms with Crippen LogP contribution in [0.25, 0.3) is 10.9 Å². The Bertz CT molecular complexity index is 562. The number of para-hydroxylation sites is 1. The van der Waals surface area contributed by atoms with Gasteiger partial charge in [0, 0.05) is 29.5 Å². The predicted molar refractivity (Wildman–Crippen MR) is 88.2 cm³/mol. The van der Waals surface area contributed by atoms with Gasteiger partial charge in [0.15, 0.2) is 0 Å². The number of benzene rings is 1. The number of nitrogens with zero attached hydrogens (tertiary/aromatic N) is 2. The zero-order valence-corrected chi connectivity index (χ0v) is 13.3. The van der Waals surface area contributed by atoms with E-state index < -0.39 is 0 Å². The Balaban J connectivity index is 1.84. The molecule has 1 aliphatic rings. The van der Waals surface area contributed by atoms with E-state index in [1.807, 2.05) is 12.3 Å². The van der Waals surface area contributed by atoms with Crippen molar-refractivity contribution in [2.45, 2.75) is 38.3 Å². The molecule has 1 aromatic heterocycles. The lowest BCUT2D eigenvalue weighted by Gasteiger charge is -2.35. The Hall–Kier alpha value is -0.930. The van der Waals surface area contributed by atoms with Gasteiger partial charge < -0.3 is 0 Å². The quantitative estimate of drug-likeness (QED) is 0.772. The van der Waals surface area contributed by atoms with Crippen LogP contribution in [0.1, 0.15) is 31.2 Å². The topological polar surface area (TPSA) is 16.1 Å². The zero-order chi connectivity index (χ0) is 13.8. The molecule has 1 atom stereocenters. The minimum Gasteiger partial charge on any atom is -0.296 e. The fourth-order valence-electron chi connectivity index (χ4n) is 3.23. The molecule has 106 valence electrons. The Morgan fingerprint density at radius 2 is 2.10 bits per heavy atom. The average Bonchev–Trinajstić information content (AvgIpc) is 2.50. The molecule has 0 amide bonds. The van der Waals surface area contributed by atoms with Crippen molar-refractivity contribution in [3.63, 3.8) is 0 Å². The summed E-state index contributed by atoms with van der Waals surface area (Å²) in [6.45, 7) is 2.26. The third-order valence-electron chi connectivity index (χ3n) is 4.28.